The minimum Gasteiger partial charge on any atom is -0.480 e. The quantitative estimate of drug-likeness (QED) is 0.599. The third-order valence-electron chi connectivity index (χ3n) is 1.38. The molecule has 0 aliphatic heterocycles. The molecule has 1 aromatic rings. The van der Waals surface area contributed by atoms with Crippen molar-refractivity contribution in [2.24, 2.45) is 5.73 Å². The summed E-state index contributed by atoms with van der Waals surface area (Å²) in [6.45, 7) is 0. The van der Waals surface area contributed by atoms with Gasteiger partial charge in [0.15, 0.2) is 0 Å². The van der Waals surface area contributed by atoms with Gasteiger partial charge in [0.25, 0.3) is 0 Å². The molecule has 12 heavy (non-hydrogen) atoms. The molecular weight excluding hydrogens is 180 g/mol. The second kappa shape index (κ2) is 3.61. The molecule has 0 saturated carbocycles. The topological polar surface area (TPSA) is 96.4 Å². The number of hydrogen-bond acceptors (Lipinski definition) is 5. The van der Waals surface area contributed by atoms with Crippen molar-refractivity contribution in [1.29, 1.82) is 0 Å². The average Bonchev–Trinajstić information content (AvgIpc) is 2.53. The Morgan fingerprint density at radius 3 is 2.83 bits per heavy atom. The SMILES string of the molecule is NC(C(=O)O)C(O)c1cscn1. The number of nitrogens with zero attached hydrogens (tertiary/aromatic N) is 1. The van der Waals surface area contributed by atoms with E-state index in [9.17, 15) is 9.90 Å². The molecule has 0 aliphatic rings. The predicted molar refractivity (Wildman–Crippen MR) is 42.7 cm³/mol. The molecule has 4 N–H and O–H groups in total. The van der Waals surface area contributed by atoms with Crippen LogP contribution < -0.4 is 5.73 Å². The summed E-state index contributed by atoms with van der Waals surface area (Å²) in [4.78, 5) is 14.1. The van der Waals surface area contributed by atoms with E-state index in [-0.39, 0.29) is 0 Å². The van der Waals surface area contributed by atoms with Crippen LogP contribution in [0.4, 0.5) is 0 Å². The first-order valence-electron chi connectivity index (χ1n) is 3.17. The molecule has 2 unspecified atom stereocenters. The molecule has 0 saturated heterocycles. The number of thiazole rings is 1. The molecule has 0 spiro atoms. The Balaban J connectivity index is 2.71. The van der Waals surface area contributed by atoms with Crippen LogP contribution in [0.2, 0.25) is 0 Å². The molecular formula is C6H8N2O3S. The van der Waals surface area contributed by atoms with Gasteiger partial charge in [-0.3, -0.25) is 4.79 Å². The van der Waals surface area contributed by atoms with Crippen molar-refractivity contribution >= 4 is 17.3 Å². The van der Waals surface area contributed by atoms with E-state index in [2.05, 4.69) is 4.98 Å². The average molecular weight is 188 g/mol. The maximum Gasteiger partial charge on any atom is 0.323 e. The van der Waals surface area contributed by atoms with E-state index in [1.807, 2.05) is 0 Å². The van der Waals surface area contributed by atoms with Crippen molar-refractivity contribution in [3.63, 3.8) is 0 Å². The van der Waals surface area contributed by atoms with E-state index in [1.165, 1.54) is 16.8 Å². The Morgan fingerprint density at radius 2 is 2.42 bits per heavy atom. The van der Waals surface area contributed by atoms with Gasteiger partial charge in [-0.05, 0) is 0 Å². The molecule has 0 amide bonds. The monoisotopic (exact) mass is 188 g/mol. The lowest BCUT2D eigenvalue weighted by atomic mass is 10.1. The van der Waals surface area contributed by atoms with Crippen LogP contribution in [0.5, 0.6) is 0 Å². The highest BCUT2D eigenvalue weighted by Gasteiger charge is 2.24. The number of aliphatic hydroxyl groups excluding tert-OH is 1. The number of aromatic nitrogens is 1. The van der Waals surface area contributed by atoms with Crippen LogP contribution in [0.15, 0.2) is 10.9 Å². The second-order valence-electron chi connectivity index (χ2n) is 2.22. The van der Waals surface area contributed by atoms with Gasteiger partial charge in [-0.1, -0.05) is 0 Å². The van der Waals surface area contributed by atoms with E-state index < -0.39 is 18.1 Å². The maximum atomic E-state index is 10.3. The van der Waals surface area contributed by atoms with Gasteiger partial charge in [-0.15, -0.1) is 11.3 Å². The number of carboxylic acids is 1. The highest BCUT2D eigenvalue weighted by atomic mass is 32.1. The molecule has 0 aromatic carbocycles. The summed E-state index contributed by atoms with van der Waals surface area (Å²) in [5.74, 6) is -1.24. The normalized spacial score (nSPS) is 15.5. The van der Waals surface area contributed by atoms with Gasteiger partial charge in [0.1, 0.15) is 12.1 Å². The molecule has 5 nitrogen and oxygen atoms in total. The Labute approximate surface area is 72.5 Å². The second-order valence-corrected chi connectivity index (χ2v) is 2.94. The van der Waals surface area contributed by atoms with E-state index in [4.69, 9.17) is 10.8 Å². The van der Waals surface area contributed by atoms with Crippen molar-refractivity contribution in [3.8, 4) is 0 Å². The van der Waals surface area contributed by atoms with Crippen LogP contribution in [-0.2, 0) is 4.79 Å². The van der Waals surface area contributed by atoms with Crippen molar-refractivity contribution in [3.05, 3.63) is 16.6 Å². The van der Waals surface area contributed by atoms with E-state index in [1.54, 1.807) is 5.38 Å². The lowest BCUT2D eigenvalue weighted by molar-refractivity contribution is -0.141. The Kier molecular flexibility index (Phi) is 2.74. The van der Waals surface area contributed by atoms with Crippen LogP contribution in [0.3, 0.4) is 0 Å². The first kappa shape index (κ1) is 9.11. The molecule has 1 rings (SSSR count). The summed E-state index contributed by atoms with van der Waals surface area (Å²) in [5, 5.41) is 19.3. The zero-order chi connectivity index (χ0) is 9.14. The molecule has 0 fully saturated rings. The van der Waals surface area contributed by atoms with Crippen molar-refractivity contribution < 1.29 is 15.0 Å². The Morgan fingerprint density at radius 1 is 1.75 bits per heavy atom. The standard InChI is InChI=1S/C6H8N2O3S/c7-4(6(10)11)5(9)3-1-12-2-8-3/h1-2,4-5,9H,7H2,(H,10,11). The summed E-state index contributed by atoms with van der Waals surface area (Å²) in [6, 6.07) is -1.31. The fraction of sp³-hybridized carbons (Fsp3) is 0.333. The van der Waals surface area contributed by atoms with Crippen LogP contribution in [0, 0.1) is 0 Å². The fourth-order valence-corrected chi connectivity index (χ4v) is 1.27. The number of aliphatic carboxylic acids is 1. The molecule has 1 heterocycles. The van der Waals surface area contributed by atoms with Crippen LogP contribution in [0.1, 0.15) is 11.8 Å². The molecule has 0 radical (unpaired) electrons. The predicted octanol–water partition coefficient (Wildman–Crippen LogP) is -0.412. The Bertz CT molecular complexity index is 262. The van der Waals surface area contributed by atoms with Crippen LogP contribution in [-0.4, -0.2) is 27.2 Å². The summed E-state index contributed by atoms with van der Waals surface area (Å²) < 4.78 is 0. The summed E-state index contributed by atoms with van der Waals surface area (Å²) in [7, 11) is 0. The number of aliphatic hydroxyl groups is 1. The molecule has 0 aliphatic carbocycles. The van der Waals surface area contributed by atoms with Crippen LogP contribution >= 0.6 is 11.3 Å². The maximum absolute atomic E-state index is 10.3. The van der Waals surface area contributed by atoms with Crippen molar-refractivity contribution in [2.75, 3.05) is 0 Å². The molecule has 6 heteroatoms. The first-order chi connectivity index (χ1) is 5.63. The summed E-state index contributed by atoms with van der Waals surface area (Å²) in [6.07, 6.45) is -1.23. The number of rotatable bonds is 3. The lowest BCUT2D eigenvalue weighted by Gasteiger charge is -2.11. The lowest BCUT2D eigenvalue weighted by Crippen LogP contribution is -2.36. The highest BCUT2D eigenvalue weighted by molar-refractivity contribution is 7.07. The minimum absolute atomic E-state index is 0.301. The number of carboxylic acid groups (broad SMARTS) is 1. The Hall–Kier alpha value is -0.980. The van der Waals surface area contributed by atoms with Gasteiger partial charge in [0.05, 0.1) is 11.2 Å². The summed E-state index contributed by atoms with van der Waals surface area (Å²) in [5.41, 5.74) is 6.97. The van der Waals surface area contributed by atoms with Gasteiger partial charge in [-0.25, -0.2) is 4.98 Å². The zero-order valence-electron chi connectivity index (χ0n) is 6.04. The van der Waals surface area contributed by atoms with Gasteiger partial charge >= 0.3 is 5.97 Å². The highest BCUT2D eigenvalue weighted by Crippen LogP contribution is 2.15. The molecule has 66 valence electrons. The van der Waals surface area contributed by atoms with Gasteiger partial charge in [-0.2, -0.15) is 0 Å². The molecule has 0 bridgehead atoms. The molecule has 2 atom stereocenters. The zero-order valence-corrected chi connectivity index (χ0v) is 6.86. The van der Waals surface area contributed by atoms with E-state index in [0.29, 0.717) is 5.69 Å². The largest absolute Gasteiger partial charge is 0.480 e. The van der Waals surface area contributed by atoms with Crippen molar-refractivity contribution in [1.82, 2.24) is 4.98 Å². The number of carbonyl (C=O) groups is 1. The van der Waals surface area contributed by atoms with E-state index in [0.717, 1.165) is 0 Å². The first-order valence-corrected chi connectivity index (χ1v) is 4.11. The minimum atomic E-state index is -1.31. The smallest absolute Gasteiger partial charge is 0.323 e. The van der Waals surface area contributed by atoms with Crippen molar-refractivity contribution in [2.45, 2.75) is 12.1 Å². The molecule has 1 aromatic heterocycles. The van der Waals surface area contributed by atoms with Gasteiger partial charge in [0, 0.05) is 5.38 Å². The third-order valence-corrected chi connectivity index (χ3v) is 1.98. The summed E-state index contributed by atoms with van der Waals surface area (Å²) >= 11 is 1.28. The number of nitrogens with two attached hydrogens (primary N) is 1. The number of hydrogen-bond donors (Lipinski definition) is 3. The van der Waals surface area contributed by atoms with Gasteiger partial charge in [0.2, 0.25) is 0 Å². The van der Waals surface area contributed by atoms with Gasteiger partial charge < -0.3 is 15.9 Å². The third kappa shape index (κ3) is 1.79. The fourth-order valence-electron chi connectivity index (χ4n) is 0.687. The van der Waals surface area contributed by atoms with E-state index >= 15 is 0 Å². The van der Waals surface area contributed by atoms with Crippen LogP contribution in [0.25, 0.3) is 0 Å².